The molecule has 82 valence electrons. The van der Waals surface area contributed by atoms with E-state index in [-0.39, 0.29) is 0 Å². The van der Waals surface area contributed by atoms with Gasteiger partial charge in [0.2, 0.25) is 0 Å². The molecule has 0 saturated carbocycles. The Morgan fingerprint density at radius 3 is 2.59 bits per heavy atom. The second kappa shape index (κ2) is 5.09. The molecule has 0 bridgehead atoms. The van der Waals surface area contributed by atoms with E-state index in [0.29, 0.717) is 5.56 Å². The van der Waals surface area contributed by atoms with Gasteiger partial charge in [-0.25, -0.2) is 0 Å². The van der Waals surface area contributed by atoms with Gasteiger partial charge in [0.1, 0.15) is 0 Å². The third-order valence-corrected chi connectivity index (χ3v) is 2.42. The van der Waals surface area contributed by atoms with Gasteiger partial charge in [-0.15, -0.1) is 0 Å². The first-order valence-corrected chi connectivity index (χ1v) is 5.39. The van der Waals surface area contributed by atoms with Crippen molar-refractivity contribution < 1.29 is 0 Å². The summed E-state index contributed by atoms with van der Waals surface area (Å²) >= 11 is 0. The molecular weight excluding hydrogens is 208 g/mol. The van der Waals surface area contributed by atoms with Crippen molar-refractivity contribution in [2.45, 2.75) is 6.92 Å². The lowest BCUT2D eigenvalue weighted by Crippen LogP contribution is -1.80. The van der Waals surface area contributed by atoms with E-state index in [1.165, 1.54) is 5.56 Å². The van der Waals surface area contributed by atoms with E-state index < -0.39 is 0 Å². The lowest BCUT2D eigenvalue weighted by molar-refractivity contribution is 1.45. The smallest absolute Gasteiger partial charge is 0.0992 e. The molecule has 0 fully saturated rings. The summed E-state index contributed by atoms with van der Waals surface area (Å²) in [6.45, 7) is 2.05. The molecule has 2 aromatic rings. The van der Waals surface area contributed by atoms with E-state index in [1.54, 1.807) is 18.3 Å². The van der Waals surface area contributed by atoms with Gasteiger partial charge in [-0.3, -0.25) is 4.99 Å². The van der Waals surface area contributed by atoms with Gasteiger partial charge >= 0.3 is 0 Å². The molecule has 0 aliphatic heterocycles. The summed E-state index contributed by atoms with van der Waals surface area (Å²) in [5.74, 6) is 0. The molecule has 2 heteroatoms. The Labute approximate surface area is 101 Å². The average molecular weight is 220 g/mol. The minimum absolute atomic E-state index is 0.628. The highest BCUT2D eigenvalue weighted by atomic mass is 14.7. The number of rotatable bonds is 2. The second-order valence-corrected chi connectivity index (χ2v) is 3.83. The van der Waals surface area contributed by atoms with Crippen LogP contribution in [0.3, 0.4) is 0 Å². The molecule has 0 spiro atoms. The van der Waals surface area contributed by atoms with Crippen molar-refractivity contribution in [1.82, 2.24) is 0 Å². The van der Waals surface area contributed by atoms with Gasteiger partial charge in [-0.2, -0.15) is 5.26 Å². The standard InChI is InChI=1S/C15H12N2/c1-12-5-7-13(8-6-12)11-17-15-4-2-3-14(9-15)10-16/h2-9,11H,1H3/b17-11+. The molecule has 0 aliphatic rings. The van der Waals surface area contributed by atoms with Crippen LogP contribution in [0.1, 0.15) is 16.7 Å². The first-order chi connectivity index (χ1) is 8.28. The van der Waals surface area contributed by atoms with Crippen molar-refractivity contribution in [3.63, 3.8) is 0 Å². The monoisotopic (exact) mass is 220 g/mol. The zero-order chi connectivity index (χ0) is 12.1. The van der Waals surface area contributed by atoms with Crippen molar-refractivity contribution in [2.75, 3.05) is 0 Å². The van der Waals surface area contributed by atoms with Crippen LogP contribution in [0.25, 0.3) is 0 Å². The molecule has 0 radical (unpaired) electrons. The number of hydrogen-bond acceptors (Lipinski definition) is 2. The zero-order valence-electron chi connectivity index (χ0n) is 9.59. The van der Waals surface area contributed by atoms with E-state index >= 15 is 0 Å². The maximum absolute atomic E-state index is 8.78. The van der Waals surface area contributed by atoms with Gasteiger partial charge in [-0.05, 0) is 30.7 Å². The summed E-state index contributed by atoms with van der Waals surface area (Å²) in [5, 5.41) is 8.78. The van der Waals surface area contributed by atoms with Crippen LogP contribution >= 0.6 is 0 Å². The summed E-state index contributed by atoms with van der Waals surface area (Å²) in [4.78, 5) is 4.34. The minimum Gasteiger partial charge on any atom is -0.256 e. The second-order valence-electron chi connectivity index (χ2n) is 3.83. The highest BCUT2D eigenvalue weighted by Crippen LogP contribution is 2.13. The third-order valence-electron chi connectivity index (χ3n) is 2.42. The Balaban J connectivity index is 2.20. The largest absolute Gasteiger partial charge is 0.256 e. The van der Waals surface area contributed by atoms with Crippen LogP contribution in [0.2, 0.25) is 0 Å². The van der Waals surface area contributed by atoms with Crippen LogP contribution in [0.5, 0.6) is 0 Å². The SMILES string of the molecule is Cc1ccc(/C=N/c2cccc(C#N)c2)cc1. The summed E-state index contributed by atoms with van der Waals surface area (Å²) in [6, 6.07) is 17.5. The van der Waals surface area contributed by atoms with Gasteiger partial charge in [0.05, 0.1) is 17.3 Å². The first-order valence-electron chi connectivity index (χ1n) is 5.39. The predicted molar refractivity (Wildman–Crippen MR) is 69.6 cm³/mol. The molecule has 2 aromatic carbocycles. The summed E-state index contributed by atoms with van der Waals surface area (Å²) in [7, 11) is 0. The number of hydrogen-bond donors (Lipinski definition) is 0. The van der Waals surface area contributed by atoms with Gasteiger partial charge in [-0.1, -0.05) is 35.9 Å². The van der Waals surface area contributed by atoms with Crippen LogP contribution in [0, 0.1) is 18.3 Å². The highest BCUT2D eigenvalue weighted by molar-refractivity contribution is 5.82. The van der Waals surface area contributed by atoms with E-state index in [2.05, 4.69) is 18.0 Å². The fourth-order valence-electron chi connectivity index (χ4n) is 1.46. The van der Waals surface area contributed by atoms with Gasteiger partial charge in [0, 0.05) is 6.21 Å². The number of nitriles is 1. The molecule has 0 aliphatic carbocycles. The van der Waals surface area contributed by atoms with Crippen molar-refractivity contribution in [3.8, 4) is 6.07 Å². The fraction of sp³-hybridized carbons (Fsp3) is 0.0667. The quantitative estimate of drug-likeness (QED) is 0.712. The molecule has 2 nitrogen and oxygen atoms in total. The topological polar surface area (TPSA) is 36.1 Å². The lowest BCUT2D eigenvalue weighted by Gasteiger charge is -1.96. The molecule has 0 unspecified atom stereocenters. The van der Waals surface area contributed by atoms with E-state index in [0.717, 1.165) is 11.3 Å². The Hall–Kier alpha value is -2.40. The first kappa shape index (κ1) is 11.1. The Morgan fingerprint density at radius 2 is 1.88 bits per heavy atom. The molecule has 0 N–H and O–H groups in total. The van der Waals surface area contributed by atoms with Crippen LogP contribution < -0.4 is 0 Å². The van der Waals surface area contributed by atoms with Crippen LogP contribution in [0.4, 0.5) is 5.69 Å². The summed E-state index contributed by atoms with van der Waals surface area (Å²) in [6.07, 6.45) is 1.80. The lowest BCUT2D eigenvalue weighted by atomic mass is 10.2. The van der Waals surface area contributed by atoms with Crippen molar-refractivity contribution >= 4 is 11.9 Å². The number of aryl methyl sites for hydroxylation is 1. The molecule has 0 saturated heterocycles. The van der Waals surface area contributed by atoms with Crippen LogP contribution in [-0.2, 0) is 0 Å². The zero-order valence-corrected chi connectivity index (χ0v) is 9.59. The maximum atomic E-state index is 8.78. The molecule has 0 aromatic heterocycles. The van der Waals surface area contributed by atoms with Crippen molar-refractivity contribution in [1.29, 1.82) is 5.26 Å². The molecular formula is C15H12N2. The molecule has 0 atom stereocenters. The Kier molecular flexibility index (Phi) is 3.32. The van der Waals surface area contributed by atoms with Crippen molar-refractivity contribution in [3.05, 3.63) is 65.2 Å². The Morgan fingerprint density at radius 1 is 1.12 bits per heavy atom. The minimum atomic E-state index is 0.628. The van der Waals surface area contributed by atoms with E-state index in [4.69, 9.17) is 5.26 Å². The van der Waals surface area contributed by atoms with Crippen LogP contribution in [-0.4, -0.2) is 6.21 Å². The Bertz CT molecular complexity index is 575. The van der Waals surface area contributed by atoms with Crippen molar-refractivity contribution in [2.24, 2.45) is 4.99 Å². The summed E-state index contributed by atoms with van der Waals surface area (Å²) < 4.78 is 0. The molecule has 0 amide bonds. The van der Waals surface area contributed by atoms with Gasteiger partial charge in [0.15, 0.2) is 0 Å². The molecule has 17 heavy (non-hydrogen) atoms. The van der Waals surface area contributed by atoms with E-state index in [1.807, 2.05) is 36.4 Å². The predicted octanol–water partition coefficient (Wildman–Crippen LogP) is 3.62. The molecule has 2 rings (SSSR count). The third kappa shape index (κ3) is 3.02. The summed E-state index contributed by atoms with van der Waals surface area (Å²) in [5.41, 5.74) is 3.71. The van der Waals surface area contributed by atoms with Crippen LogP contribution in [0.15, 0.2) is 53.5 Å². The fourth-order valence-corrected chi connectivity index (χ4v) is 1.46. The van der Waals surface area contributed by atoms with Gasteiger partial charge < -0.3 is 0 Å². The van der Waals surface area contributed by atoms with E-state index in [9.17, 15) is 0 Å². The number of benzene rings is 2. The number of aliphatic imine (C=N–C) groups is 1. The van der Waals surface area contributed by atoms with Gasteiger partial charge in [0.25, 0.3) is 0 Å². The average Bonchev–Trinajstić information content (AvgIpc) is 2.38. The number of nitrogens with zero attached hydrogens (tertiary/aromatic N) is 2. The highest BCUT2D eigenvalue weighted by Gasteiger charge is 1.92. The molecule has 0 heterocycles. The maximum Gasteiger partial charge on any atom is 0.0992 e. The normalized spacial score (nSPS) is 10.4.